The summed E-state index contributed by atoms with van der Waals surface area (Å²) < 4.78 is 18.8. The van der Waals surface area contributed by atoms with Crippen molar-refractivity contribution in [3.8, 4) is 0 Å². The fourth-order valence-electron chi connectivity index (χ4n) is 2.79. The minimum absolute atomic E-state index is 0.0142. The molecule has 26 heavy (non-hydrogen) atoms. The molecule has 1 aliphatic heterocycles. The van der Waals surface area contributed by atoms with Gasteiger partial charge in [0.2, 0.25) is 0 Å². The molecule has 0 spiro atoms. The maximum Gasteiger partial charge on any atom is 0.330 e. The largest absolute Gasteiger partial charge is 0.376 e. The highest BCUT2D eigenvalue weighted by atomic mass is 16.6. The SMILES string of the molecule is Cc1cn([C@H]2C[C@H](OC(C)C)[C@](COC(C)C)(N=[N+]=[N-])O2)c(=O)[nH]c1=O. The van der Waals surface area contributed by atoms with E-state index in [1.54, 1.807) is 6.92 Å². The van der Waals surface area contributed by atoms with Crippen LogP contribution in [0.15, 0.2) is 20.9 Å². The molecule has 1 fully saturated rings. The van der Waals surface area contributed by atoms with E-state index in [1.807, 2.05) is 27.7 Å². The van der Waals surface area contributed by atoms with E-state index in [4.69, 9.17) is 19.7 Å². The minimum Gasteiger partial charge on any atom is -0.376 e. The van der Waals surface area contributed by atoms with Gasteiger partial charge in [-0.05, 0) is 40.1 Å². The van der Waals surface area contributed by atoms with Crippen molar-refractivity contribution in [2.75, 3.05) is 6.61 Å². The smallest absolute Gasteiger partial charge is 0.330 e. The molecule has 144 valence electrons. The van der Waals surface area contributed by atoms with Crippen LogP contribution in [0.4, 0.5) is 0 Å². The van der Waals surface area contributed by atoms with Crippen molar-refractivity contribution in [1.29, 1.82) is 0 Å². The number of aromatic nitrogens is 2. The molecule has 10 nitrogen and oxygen atoms in total. The van der Waals surface area contributed by atoms with Crippen molar-refractivity contribution in [2.45, 2.75) is 71.3 Å². The first kappa shape index (κ1) is 20.2. The van der Waals surface area contributed by atoms with E-state index >= 15 is 0 Å². The van der Waals surface area contributed by atoms with Crippen LogP contribution in [-0.2, 0) is 14.2 Å². The molecule has 0 aliphatic carbocycles. The summed E-state index contributed by atoms with van der Waals surface area (Å²) in [7, 11) is 0. The van der Waals surface area contributed by atoms with Gasteiger partial charge in [0.15, 0.2) is 5.72 Å². The van der Waals surface area contributed by atoms with Crippen LogP contribution < -0.4 is 11.2 Å². The predicted molar refractivity (Wildman–Crippen MR) is 93.8 cm³/mol. The third-order valence-electron chi connectivity index (χ3n) is 3.99. The van der Waals surface area contributed by atoms with Crippen molar-refractivity contribution >= 4 is 0 Å². The van der Waals surface area contributed by atoms with Gasteiger partial charge in [-0.25, -0.2) is 4.79 Å². The maximum absolute atomic E-state index is 12.2. The van der Waals surface area contributed by atoms with E-state index < -0.39 is 29.3 Å². The van der Waals surface area contributed by atoms with E-state index in [0.717, 1.165) is 0 Å². The zero-order valence-corrected chi connectivity index (χ0v) is 15.6. The standard InChI is InChI=1S/C16H25N5O5/c1-9(2)24-8-16(19-20-17)12(25-10(3)4)6-13(26-16)21-7-11(5)14(22)18-15(21)23/h7,9-10,12-13H,6,8H2,1-5H3,(H,18,22,23)/t12-,13+,16+/m0/s1. The topological polar surface area (TPSA) is 131 Å². The zero-order chi connectivity index (χ0) is 19.5. The van der Waals surface area contributed by atoms with Crippen LogP contribution in [0.1, 0.15) is 45.9 Å². The highest BCUT2D eigenvalue weighted by Crippen LogP contribution is 2.40. The number of H-pyrrole nitrogens is 1. The Morgan fingerprint density at radius 2 is 2.12 bits per heavy atom. The summed E-state index contributed by atoms with van der Waals surface area (Å²) >= 11 is 0. The van der Waals surface area contributed by atoms with Crippen LogP contribution in [0, 0.1) is 6.92 Å². The van der Waals surface area contributed by atoms with E-state index in [9.17, 15) is 9.59 Å². The first-order valence-electron chi connectivity index (χ1n) is 8.51. The number of aryl methyl sites for hydroxylation is 1. The summed E-state index contributed by atoms with van der Waals surface area (Å²) in [6, 6.07) is 0. The number of hydrogen-bond donors (Lipinski definition) is 1. The van der Waals surface area contributed by atoms with Crippen LogP contribution >= 0.6 is 0 Å². The molecule has 0 bridgehead atoms. The molecular formula is C16H25N5O5. The molecule has 1 aliphatic rings. The van der Waals surface area contributed by atoms with Gasteiger partial charge in [0.05, 0.1) is 24.9 Å². The molecule has 0 aromatic carbocycles. The second-order valence-electron chi connectivity index (χ2n) is 6.85. The molecule has 0 saturated carbocycles. The van der Waals surface area contributed by atoms with Crippen molar-refractivity contribution < 1.29 is 14.2 Å². The van der Waals surface area contributed by atoms with Gasteiger partial charge in [-0.1, -0.05) is 5.11 Å². The second-order valence-corrected chi connectivity index (χ2v) is 6.85. The van der Waals surface area contributed by atoms with Gasteiger partial charge in [0.1, 0.15) is 6.23 Å². The predicted octanol–water partition coefficient (Wildman–Crippen LogP) is 1.99. The van der Waals surface area contributed by atoms with Gasteiger partial charge in [-0.2, -0.15) is 0 Å². The second kappa shape index (κ2) is 8.05. The summed E-state index contributed by atoms with van der Waals surface area (Å²) in [5.74, 6) is 0. The summed E-state index contributed by atoms with van der Waals surface area (Å²) in [6.45, 7) is 8.99. The highest BCUT2D eigenvalue weighted by Gasteiger charge is 2.51. The van der Waals surface area contributed by atoms with Crippen LogP contribution in [-0.4, -0.2) is 40.2 Å². The summed E-state index contributed by atoms with van der Waals surface area (Å²) in [4.78, 5) is 28.9. The Balaban J connectivity index is 2.43. The van der Waals surface area contributed by atoms with Crippen LogP contribution in [0.3, 0.4) is 0 Å². The Hall–Kier alpha value is -2.13. The molecule has 0 radical (unpaired) electrons. The Labute approximate surface area is 150 Å². The molecule has 2 heterocycles. The normalized spacial score (nSPS) is 25.7. The molecule has 1 aromatic heterocycles. The van der Waals surface area contributed by atoms with Crippen molar-refractivity contribution in [3.63, 3.8) is 0 Å². The van der Waals surface area contributed by atoms with Crippen molar-refractivity contribution in [3.05, 3.63) is 43.0 Å². The average Bonchev–Trinajstić information content (AvgIpc) is 2.87. The van der Waals surface area contributed by atoms with Gasteiger partial charge in [-0.15, -0.1) is 0 Å². The first-order chi connectivity index (χ1) is 12.2. The molecule has 1 N–H and O–H groups in total. The van der Waals surface area contributed by atoms with Crippen LogP contribution in [0.5, 0.6) is 0 Å². The Morgan fingerprint density at radius 1 is 1.42 bits per heavy atom. The zero-order valence-electron chi connectivity index (χ0n) is 15.6. The quantitative estimate of drug-likeness (QED) is 0.447. The first-order valence-corrected chi connectivity index (χ1v) is 8.51. The average molecular weight is 367 g/mol. The molecule has 0 amide bonds. The Kier molecular flexibility index (Phi) is 6.25. The van der Waals surface area contributed by atoms with Gasteiger partial charge in [-0.3, -0.25) is 14.3 Å². The van der Waals surface area contributed by atoms with E-state index in [-0.39, 0.29) is 25.2 Å². The number of nitrogens with one attached hydrogen (secondary N) is 1. The van der Waals surface area contributed by atoms with Crippen molar-refractivity contribution in [2.24, 2.45) is 5.11 Å². The lowest BCUT2D eigenvalue weighted by Gasteiger charge is -2.31. The Bertz CT molecular complexity index is 795. The van der Waals surface area contributed by atoms with Crippen LogP contribution in [0.2, 0.25) is 0 Å². The Morgan fingerprint density at radius 3 is 2.69 bits per heavy atom. The molecule has 3 atom stereocenters. The highest BCUT2D eigenvalue weighted by molar-refractivity contribution is 5.03. The fourth-order valence-corrected chi connectivity index (χ4v) is 2.79. The number of azide groups is 1. The number of aromatic amines is 1. The lowest BCUT2D eigenvalue weighted by molar-refractivity contribution is -0.162. The van der Waals surface area contributed by atoms with Gasteiger partial charge in [0, 0.05) is 23.1 Å². The molecule has 0 unspecified atom stereocenters. The van der Waals surface area contributed by atoms with E-state index in [0.29, 0.717) is 5.56 Å². The van der Waals surface area contributed by atoms with Crippen LogP contribution in [0.25, 0.3) is 10.4 Å². The monoisotopic (exact) mass is 367 g/mol. The van der Waals surface area contributed by atoms with E-state index in [2.05, 4.69) is 15.0 Å². The summed E-state index contributed by atoms with van der Waals surface area (Å²) in [5, 5.41) is 3.83. The number of rotatable bonds is 7. The third-order valence-corrected chi connectivity index (χ3v) is 3.99. The molecular weight excluding hydrogens is 342 g/mol. The number of hydrogen-bond acceptors (Lipinski definition) is 6. The maximum atomic E-state index is 12.2. The third kappa shape index (κ3) is 4.34. The van der Waals surface area contributed by atoms with Gasteiger partial charge >= 0.3 is 5.69 Å². The minimum atomic E-state index is -1.41. The van der Waals surface area contributed by atoms with Crippen molar-refractivity contribution in [1.82, 2.24) is 9.55 Å². The fraction of sp³-hybridized carbons (Fsp3) is 0.750. The molecule has 2 rings (SSSR count). The lowest BCUT2D eigenvalue weighted by Crippen LogP contribution is -2.45. The molecule has 10 heteroatoms. The molecule has 1 aromatic rings. The summed E-state index contributed by atoms with van der Waals surface area (Å²) in [6.07, 6.45) is 0.0619. The molecule has 1 saturated heterocycles. The van der Waals surface area contributed by atoms with E-state index in [1.165, 1.54) is 10.8 Å². The number of ether oxygens (including phenoxy) is 3. The lowest BCUT2D eigenvalue weighted by atomic mass is 10.1. The van der Waals surface area contributed by atoms with Gasteiger partial charge in [0.25, 0.3) is 5.56 Å². The summed E-state index contributed by atoms with van der Waals surface area (Å²) in [5.41, 5.74) is 6.96. The number of nitrogens with zero attached hydrogens (tertiary/aromatic N) is 4. The van der Waals surface area contributed by atoms with Gasteiger partial charge < -0.3 is 14.2 Å².